The zero-order valence-corrected chi connectivity index (χ0v) is 10.9. The first-order valence-electron chi connectivity index (χ1n) is 5.39. The lowest BCUT2D eigenvalue weighted by molar-refractivity contribution is 0.445. The molecular weight excluding hydrogens is 273 g/mol. The molecule has 3 heteroatoms. The van der Waals surface area contributed by atoms with Crippen molar-refractivity contribution in [3.05, 3.63) is 33.3 Å². The molecule has 1 aliphatic rings. The molecule has 0 unspecified atom stereocenters. The minimum absolute atomic E-state index is 0.168. The molecule has 0 heterocycles. The molecule has 0 saturated heterocycles. The third-order valence-electron chi connectivity index (χ3n) is 3.24. The number of halogens is 2. The lowest BCUT2D eigenvalue weighted by Gasteiger charge is -2.19. The Morgan fingerprint density at radius 1 is 1.33 bits per heavy atom. The predicted molar refractivity (Wildman–Crippen MR) is 68.0 cm³/mol. The van der Waals surface area contributed by atoms with Crippen molar-refractivity contribution in [1.29, 1.82) is 0 Å². The van der Waals surface area contributed by atoms with Crippen molar-refractivity contribution in [2.24, 2.45) is 11.7 Å². The molecule has 0 amide bonds. The van der Waals surface area contributed by atoms with E-state index in [4.69, 9.17) is 17.3 Å². The van der Waals surface area contributed by atoms with Crippen LogP contribution in [0.2, 0.25) is 5.02 Å². The van der Waals surface area contributed by atoms with Crippen molar-refractivity contribution in [1.82, 2.24) is 0 Å². The highest BCUT2D eigenvalue weighted by Crippen LogP contribution is 2.35. The van der Waals surface area contributed by atoms with E-state index < -0.39 is 0 Å². The van der Waals surface area contributed by atoms with Crippen LogP contribution in [0.4, 0.5) is 0 Å². The first-order chi connectivity index (χ1) is 7.18. The first kappa shape index (κ1) is 11.4. The Kier molecular flexibility index (Phi) is 3.70. The van der Waals surface area contributed by atoms with E-state index in [0.717, 1.165) is 9.50 Å². The van der Waals surface area contributed by atoms with Gasteiger partial charge in [0.2, 0.25) is 0 Å². The van der Waals surface area contributed by atoms with Gasteiger partial charge in [-0.3, -0.25) is 0 Å². The molecule has 1 saturated carbocycles. The minimum atomic E-state index is 0.168. The summed E-state index contributed by atoms with van der Waals surface area (Å²) in [5.74, 6) is 0.651. The fraction of sp³-hybridized carbons (Fsp3) is 0.500. The predicted octanol–water partition coefficient (Wildman–Crippen LogP) is 4.29. The van der Waals surface area contributed by atoms with Crippen LogP contribution in [0, 0.1) is 5.92 Å². The van der Waals surface area contributed by atoms with Gasteiger partial charge in [0.1, 0.15) is 0 Å². The zero-order chi connectivity index (χ0) is 10.8. The van der Waals surface area contributed by atoms with Crippen molar-refractivity contribution in [2.75, 3.05) is 0 Å². The second-order valence-electron chi connectivity index (χ2n) is 4.24. The average Bonchev–Trinajstić information content (AvgIpc) is 2.74. The van der Waals surface area contributed by atoms with Crippen molar-refractivity contribution in [2.45, 2.75) is 31.7 Å². The molecule has 0 aromatic heterocycles. The van der Waals surface area contributed by atoms with Crippen LogP contribution in [-0.2, 0) is 0 Å². The minimum Gasteiger partial charge on any atom is -0.324 e. The maximum Gasteiger partial charge on any atom is 0.0548 e. The van der Waals surface area contributed by atoms with E-state index in [1.165, 1.54) is 31.2 Å². The second kappa shape index (κ2) is 4.86. The number of hydrogen-bond donors (Lipinski definition) is 1. The Morgan fingerprint density at radius 3 is 2.60 bits per heavy atom. The van der Waals surface area contributed by atoms with E-state index in [9.17, 15) is 0 Å². The Morgan fingerprint density at radius 2 is 2.00 bits per heavy atom. The summed E-state index contributed by atoms with van der Waals surface area (Å²) in [6, 6.07) is 6.16. The van der Waals surface area contributed by atoms with Gasteiger partial charge in [0.05, 0.1) is 5.02 Å². The van der Waals surface area contributed by atoms with Crippen LogP contribution in [0.3, 0.4) is 0 Å². The Balaban J connectivity index is 2.17. The molecule has 2 rings (SSSR count). The molecule has 1 nitrogen and oxygen atoms in total. The van der Waals surface area contributed by atoms with Crippen molar-refractivity contribution in [3.8, 4) is 0 Å². The summed E-state index contributed by atoms with van der Waals surface area (Å²) in [5, 5.41) is 0.748. The van der Waals surface area contributed by atoms with E-state index >= 15 is 0 Å². The van der Waals surface area contributed by atoms with Gasteiger partial charge in [-0.1, -0.05) is 30.5 Å². The van der Waals surface area contributed by atoms with Crippen LogP contribution < -0.4 is 5.73 Å². The fourth-order valence-corrected chi connectivity index (χ4v) is 2.82. The van der Waals surface area contributed by atoms with Gasteiger partial charge in [0, 0.05) is 10.5 Å². The van der Waals surface area contributed by atoms with Gasteiger partial charge in [-0.15, -0.1) is 0 Å². The Bertz CT molecular complexity index is 347. The second-order valence-corrected chi connectivity index (χ2v) is 5.51. The molecule has 0 radical (unpaired) electrons. The topological polar surface area (TPSA) is 26.0 Å². The van der Waals surface area contributed by atoms with Crippen LogP contribution in [0.5, 0.6) is 0 Å². The first-order valence-corrected chi connectivity index (χ1v) is 6.56. The average molecular weight is 289 g/mol. The van der Waals surface area contributed by atoms with E-state index in [2.05, 4.69) is 15.9 Å². The number of rotatable bonds is 2. The van der Waals surface area contributed by atoms with E-state index in [1.54, 1.807) is 0 Å². The largest absolute Gasteiger partial charge is 0.324 e. The molecule has 0 spiro atoms. The molecule has 1 aliphatic carbocycles. The normalized spacial score (nSPS) is 19.4. The quantitative estimate of drug-likeness (QED) is 0.863. The molecule has 1 atom stereocenters. The third-order valence-corrected chi connectivity index (χ3v) is 4.45. The van der Waals surface area contributed by atoms with Crippen LogP contribution >= 0.6 is 27.5 Å². The van der Waals surface area contributed by atoms with Crippen LogP contribution in [0.1, 0.15) is 37.3 Å². The van der Waals surface area contributed by atoms with Crippen molar-refractivity contribution >= 4 is 27.5 Å². The third kappa shape index (κ3) is 2.55. The lowest BCUT2D eigenvalue weighted by Crippen LogP contribution is -2.18. The summed E-state index contributed by atoms with van der Waals surface area (Å²) < 4.78 is 0.940. The van der Waals surface area contributed by atoms with Gasteiger partial charge >= 0.3 is 0 Å². The van der Waals surface area contributed by atoms with Gasteiger partial charge in [-0.05, 0) is 52.4 Å². The maximum absolute atomic E-state index is 6.26. The number of hydrogen-bond acceptors (Lipinski definition) is 1. The van der Waals surface area contributed by atoms with Crippen LogP contribution in [0.15, 0.2) is 22.7 Å². The fourth-order valence-electron chi connectivity index (χ4n) is 2.31. The summed E-state index contributed by atoms with van der Waals surface area (Å²) in [6.45, 7) is 0. The SMILES string of the molecule is N[C@@H](c1ccc(Cl)c(Br)c1)C1CCCC1. The summed E-state index contributed by atoms with van der Waals surface area (Å²) in [7, 11) is 0. The molecule has 0 bridgehead atoms. The van der Waals surface area contributed by atoms with Gasteiger partial charge in [0.15, 0.2) is 0 Å². The number of benzene rings is 1. The van der Waals surface area contributed by atoms with E-state index in [-0.39, 0.29) is 6.04 Å². The van der Waals surface area contributed by atoms with Crippen molar-refractivity contribution in [3.63, 3.8) is 0 Å². The van der Waals surface area contributed by atoms with Gasteiger partial charge in [-0.2, -0.15) is 0 Å². The summed E-state index contributed by atoms with van der Waals surface area (Å²) >= 11 is 9.39. The van der Waals surface area contributed by atoms with Gasteiger partial charge in [0.25, 0.3) is 0 Å². The molecule has 2 N–H and O–H groups in total. The molecular formula is C12H15BrClN. The van der Waals surface area contributed by atoms with Gasteiger partial charge < -0.3 is 5.73 Å². The monoisotopic (exact) mass is 287 g/mol. The smallest absolute Gasteiger partial charge is 0.0548 e. The van der Waals surface area contributed by atoms with Gasteiger partial charge in [-0.25, -0.2) is 0 Å². The maximum atomic E-state index is 6.26. The highest BCUT2D eigenvalue weighted by atomic mass is 79.9. The summed E-state index contributed by atoms with van der Waals surface area (Å²) in [6.07, 6.45) is 5.18. The highest BCUT2D eigenvalue weighted by molar-refractivity contribution is 9.10. The van der Waals surface area contributed by atoms with E-state index in [1.807, 2.05) is 18.2 Å². The standard InChI is InChI=1S/C12H15BrClN/c13-10-7-9(5-6-11(10)14)12(15)8-3-1-2-4-8/h5-8,12H,1-4,15H2/t12-/m1/s1. The molecule has 1 fully saturated rings. The summed E-state index contributed by atoms with van der Waals surface area (Å²) in [5.41, 5.74) is 7.45. The lowest BCUT2D eigenvalue weighted by atomic mass is 9.93. The molecule has 82 valence electrons. The highest BCUT2D eigenvalue weighted by Gasteiger charge is 2.23. The van der Waals surface area contributed by atoms with Crippen molar-refractivity contribution < 1.29 is 0 Å². The van der Waals surface area contributed by atoms with E-state index in [0.29, 0.717) is 5.92 Å². The Labute approximate surface area is 104 Å². The molecule has 15 heavy (non-hydrogen) atoms. The Hall–Kier alpha value is -0.0500. The molecule has 0 aliphatic heterocycles. The van der Waals surface area contributed by atoms with Crippen LogP contribution in [0.25, 0.3) is 0 Å². The zero-order valence-electron chi connectivity index (χ0n) is 8.55. The molecule has 1 aromatic carbocycles. The molecule has 1 aromatic rings. The summed E-state index contributed by atoms with van der Waals surface area (Å²) in [4.78, 5) is 0. The number of nitrogens with two attached hydrogens (primary N) is 1. The van der Waals surface area contributed by atoms with Crippen LogP contribution in [-0.4, -0.2) is 0 Å².